The number of unbranched alkanes of at least 4 members (excludes halogenated alkanes) is 1. The first-order chi connectivity index (χ1) is 9.53. The van der Waals surface area contributed by atoms with Crippen molar-refractivity contribution in [2.24, 2.45) is 0 Å². The molecule has 1 aromatic rings. The molecule has 2 N–H and O–H groups in total. The van der Waals surface area contributed by atoms with Gasteiger partial charge in [0.25, 0.3) is 0 Å². The molecule has 0 unspecified atom stereocenters. The van der Waals surface area contributed by atoms with Crippen LogP contribution in [0.1, 0.15) is 31.7 Å². The Morgan fingerprint density at radius 3 is 2.70 bits per heavy atom. The Labute approximate surface area is 127 Å². The summed E-state index contributed by atoms with van der Waals surface area (Å²) in [5, 5.41) is 3.87. The first kappa shape index (κ1) is 17.4. The van der Waals surface area contributed by atoms with Crippen LogP contribution >= 0.6 is 11.6 Å². The van der Waals surface area contributed by atoms with Crippen LogP contribution in [0, 0.1) is 0 Å². The van der Waals surface area contributed by atoms with Crippen molar-refractivity contribution in [3.8, 4) is 0 Å². The van der Waals surface area contributed by atoms with Crippen LogP contribution in [0.25, 0.3) is 0 Å². The molecule has 1 rings (SSSR count). The number of nitrogens with one attached hydrogen (secondary N) is 2. The molecular formula is C14H23ClN2O2S. The number of rotatable bonds is 10. The smallest absolute Gasteiger partial charge is 0.211 e. The first-order valence-electron chi connectivity index (χ1n) is 6.96. The number of hydrogen-bond acceptors (Lipinski definition) is 3. The van der Waals surface area contributed by atoms with Crippen LogP contribution < -0.4 is 10.0 Å². The number of halogens is 1. The van der Waals surface area contributed by atoms with Crippen molar-refractivity contribution in [1.29, 1.82) is 0 Å². The summed E-state index contributed by atoms with van der Waals surface area (Å²) in [5.74, 6) is 0.168. The Balaban J connectivity index is 2.24. The van der Waals surface area contributed by atoms with Gasteiger partial charge in [0.2, 0.25) is 10.0 Å². The normalized spacial score (nSPS) is 11.7. The highest BCUT2D eigenvalue weighted by atomic mass is 35.5. The molecule has 0 saturated carbocycles. The van der Waals surface area contributed by atoms with E-state index in [1.165, 1.54) is 0 Å². The maximum atomic E-state index is 11.8. The zero-order chi connectivity index (χ0) is 14.8. The lowest BCUT2D eigenvalue weighted by atomic mass is 10.2. The molecule has 0 aliphatic heterocycles. The molecular weight excluding hydrogens is 296 g/mol. The highest BCUT2D eigenvalue weighted by Gasteiger charge is 2.09. The van der Waals surface area contributed by atoms with Gasteiger partial charge < -0.3 is 5.32 Å². The molecule has 0 bridgehead atoms. The summed E-state index contributed by atoms with van der Waals surface area (Å²) in [5.41, 5.74) is 0.866. The third-order valence-electron chi connectivity index (χ3n) is 2.83. The van der Waals surface area contributed by atoms with E-state index in [1.54, 1.807) is 12.1 Å². The minimum absolute atomic E-state index is 0.168. The van der Waals surface area contributed by atoms with Crippen molar-refractivity contribution in [1.82, 2.24) is 10.0 Å². The molecule has 0 atom stereocenters. The average Bonchev–Trinajstić information content (AvgIpc) is 2.41. The molecule has 4 nitrogen and oxygen atoms in total. The Kier molecular flexibility index (Phi) is 8.14. The second-order valence-electron chi connectivity index (χ2n) is 4.73. The minimum Gasteiger partial charge on any atom is -0.317 e. The molecule has 6 heteroatoms. The van der Waals surface area contributed by atoms with Gasteiger partial charge in [-0.1, -0.05) is 30.7 Å². The second kappa shape index (κ2) is 9.34. The maximum Gasteiger partial charge on any atom is 0.211 e. The lowest BCUT2D eigenvalue weighted by Gasteiger charge is -2.07. The van der Waals surface area contributed by atoms with Crippen LogP contribution in [0.5, 0.6) is 0 Å². The molecule has 0 radical (unpaired) electrons. The maximum absolute atomic E-state index is 11.8. The Hall–Kier alpha value is -0.620. The SMILES string of the molecule is CCCNCCCCS(=O)(=O)NCc1cccc(Cl)c1. The molecule has 1 aromatic carbocycles. The van der Waals surface area contributed by atoms with Gasteiger partial charge in [-0.3, -0.25) is 0 Å². The fourth-order valence-corrected chi connectivity index (χ4v) is 3.08. The third kappa shape index (κ3) is 7.85. The summed E-state index contributed by atoms with van der Waals surface area (Å²) >= 11 is 5.85. The number of sulfonamides is 1. The Morgan fingerprint density at radius 1 is 1.20 bits per heavy atom. The van der Waals surface area contributed by atoms with Gasteiger partial charge in [0.05, 0.1) is 5.75 Å². The minimum atomic E-state index is -3.21. The summed E-state index contributed by atoms with van der Waals surface area (Å²) in [6, 6.07) is 7.19. The molecule has 20 heavy (non-hydrogen) atoms. The van der Waals surface area contributed by atoms with Gasteiger partial charge in [-0.2, -0.15) is 0 Å². The summed E-state index contributed by atoms with van der Waals surface area (Å²) < 4.78 is 26.2. The van der Waals surface area contributed by atoms with Gasteiger partial charge in [0, 0.05) is 11.6 Å². The monoisotopic (exact) mass is 318 g/mol. The van der Waals surface area contributed by atoms with Gasteiger partial charge in [-0.15, -0.1) is 0 Å². The lowest BCUT2D eigenvalue weighted by Crippen LogP contribution is -2.26. The highest BCUT2D eigenvalue weighted by Crippen LogP contribution is 2.10. The van der Waals surface area contributed by atoms with E-state index in [-0.39, 0.29) is 12.3 Å². The molecule has 0 spiro atoms. The molecule has 0 aliphatic rings. The quantitative estimate of drug-likeness (QED) is 0.652. The number of benzene rings is 1. The van der Waals surface area contributed by atoms with E-state index < -0.39 is 10.0 Å². The van der Waals surface area contributed by atoms with E-state index in [0.717, 1.165) is 31.5 Å². The van der Waals surface area contributed by atoms with Crippen molar-refractivity contribution < 1.29 is 8.42 Å². The summed E-state index contributed by atoms with van der Waals surface area (Å²) in [7, 11) is -3.21. The van der Waals surface area contributed by atoms with Crippen LogP contribution in [0.2, 0.25) is 5.02 Å². The van der Waals surface area contributed by atoms with E-state index in [2.05, 4.69) is 17.0 Å². The van der Waals surface area contributed by atoms with Crippen molar-refractivity contribution in [3.05, 3.63) is 34.9 Å². The van der Waals surface area contributed by atoms with E-state index in [9.17, 15) is 8.42 Å². The highest BCUT2D eigenvalue weighted by molar-refractivity contribution is 7.89. The van der Waals surface area contributed by atoms with E-state index in [0.29, 0.717) is 11.4 Å². The van der Waals surface area contributed by atoms with Gasteiger partial charge >= 0.3 is 0 Å². The van der Waals surface area contributed by atoms with Crippen molar-refractivity contribution >= 4 is 21.6 Å². The lowest BCUT2D eigenvalue weighted by molar-refractivity contribution is 0.572. The second-order valence-corrected chi connectivity index (χ2v) is 7.09. The fraction of sp³-hybridized carbons (Fsp3) is 0.571. The topological polar surface area (TPSA) is 58.2 Å². The predicted octanol–water partition coefficient (Wildman–Crippen LogP) is 2.54. The van der Waals surface area contributed by atoms with Crippen molar-refractivity contribution in [2.75, 3.05) is 18.8 Å². The zero-order valence-corrected chi connectivity index (χ0v) is 13.4. The number of hydrogen-bond donors (Lipinski definition) is 2. The Morgan fingerprint density at radius 2 is 2.00 bits per heavy atom. The standard InChI is InChI=1S/C14H23ClN2O2S/c1-2-8-16-9-3-4-10-20(18,19)17-12-13-6-5-7-14(15)11-13/h5-7,11,16-17H,2-4,8-10,12H2,1H3. The van der Waals surface area contributed by atoms with Gasteiger partial charge in [0.15, 0.2) is 0 Å². The van der Waals surface area contributed by atoms with Crippen molar-refractivity contribution in [2.45, 2.75) is 32.7 Å². The van der Waals surface area contributed by atoms with Crippen LogP contribution in [-0.2, 0) is 16.6 Å². The molecule has 0 heterocycles. The largest absolute Gasteiger partial charge is 0.317 e. The van der Waals surface area contributed by atoms with Crippen LogP contribution in [0.3, 0.4) is 0 Å². The fourth-order valence-electron chi connectivity index (χ4n) is 1.76. The summed E-state index contributed by atoms with van der Waals surface area (Å²) in [6.07, 6.45) is 2.64. The van der Waals surface area contributed by atoms with Crippen LogP contribution in [-0.4, -0.2) is 27.3 Å². The zero-order valence-electron chi connectivity index (χ0n) is 11.9. The Bertz CT molecular complexity index is 492. The molecule has 0 fully saturated rings. The van der Waals surface area contributed by atoms with Crippen LogP contribution in [0.4, 0.5) is 0 Å². The summed E-state index contributed by atoms with van der Waals surface area (Å²) in [6.45, 7) is 4.26. The molecule has 0 aromatic heterocycles. The van der Waals surface area contributed by atoms with Crippen molar-refractivity contribution in [3.63, 3.8) is 0 Å². The van der Waals surface area contributed by atoms with Crippen LogP contribution in [0.15, 0.2) is 24.3 Å². The predicted molar refractivity (Wildman–Crippen MR) is 84.5 cm³/mol. The van der Waals surface area contributed by atoms with E-state index in [1.807, 2.05) is 12.1 Å². The summed E-state index contributed by atoms with van der Waals surface area (Å²) in [4.78, 5) is 0. The molecule has 0 saturated heterocycles. The third-order valence-corrected chi connectivity index (χ3v) is 4.47. The van der Waals surface area contributed by atoms with Gasteiger partial charge in [-0.05, 0) is 50.0 Å². The van der Waals surface area contributed by atoms with E-state index in [4.69, 9.17) is 11.6 Å². The average molecular weight is 319 g/mol. The first-order valence-corrected chi connectivity index (χ1v) is 8.99. The van der Waals surface area contributed by atoms with Gasteiger partial charge in [0.1, 0.15) is 0 Å². The van der Waals surface area contributed by atoms with Gasteiger partial charge in [-0.25, -0.2) is 13.1 Å². The molecule has 0 amide bonds. The van der Waals surface area contributed by atoms with E-state index >= 15 is 0 Å². The molecule has 0 aliphatic carbocycles. The molecule has 114 valence electrons.